The highest BCUT2D eigenvalue weighted by Gasteiger charge is 2.13. The van der Waals surface area contributed by atoms with Gasteiger partial charge in [0, 0.05) is 16.3 Å². The number of nitrogens with two attached hydrogens (primary N) is 1. The Hall–Kier alpha value is -2.01. The zero-order valence-electron chi connectivity index (χ0n) is 10.9. The first kappa shape index (κ1) is 13.4. The summed E-state index contributed by atoms with van der Waals surface area (Å²) in [6.07, 6.45) is 0. The lowest BCUT2D eigenvalue weighted by Crippen LogP contribution is -2.10. The Bertz CT molecular complexity index is 593. The Kier molecular flexibility index (Phi) is 4.06. The van der Waals surface area contributed by atoms with Crippen molar-refractivity contribution in [1.82, 2.24) is 0 Å². The number of aryl methyl sites for hydroxylation is 1. The number of carbonyl (C=O) groups is 1. The number of hydrogen-bond donors (Lipinski definition) is 2. The van der Waals surface area contributed by atoms with Gasteiger partial charge in [-0.05, 0) is 31.2 Å². The average molecular weight is 276 g/mol. The van der Waals surface area contributed by atoms with E-state index in [2.05, 4.69) is 24.4 Å². The van der Waals surface area contributed by atoms with Crippen LogP contribution >= 0.6 is 11.3 Å². The smallest absolute Gasteiger partial charge is 0.340 e. The molecule has 1 heterocycles. The monoisotopic (exact) mass is 276 g/mol. The van der Waals surface area contributed by atoms with Gasteiger partial charge in [0.15, 0.2) is 0 Å². The van der Waals surface area contributed by atoms with E-state index in [1.54, 1.807) is 29.5 Å². The van der Waals surface area contributed by atoms with E-state index < -0.39 is 5.97 Å². The van der Waals surface area contributed by atoms with Gasteiger partial charge in [-0.25, -0.2) is 4.79 Å². The van der Waals surface area contributed by atoms with Crippen LogP contribution in [0.25, 0.3) is 0 Å². The summed E-state index contributed by atoms with van der Waals surface area (Å²) in [4.78, 5) is 14.1. The predicted molar refractivity (Wildman–Crippen MR) is 78.6 cm³/mol. The highest BCUT2D eigenvalue weighted by atomic mass is 32.1. The molecule has 0 radical (unpaired) electrons. The standard InChI is InChI=1S/C14H16N2O2S/c1-9-6-7-10(19-9)8-16-13-11(14(17)18-2)4-3-5-12(13)15/h3-7,16H,8,15H2,1-2H3. The molecule has 2 aromatic rings. The molecule has 19 heavy (non-hydrogen) atoms. The van der Waals surface area contributed by atoms with Gasteiger partial charge in [0.2, 0.25) is 0 Å². The number of hydrogen-bond acceptors (Lipinski definition) is 5. The SMILES string of the molecule is COC(=O)c1cccc(N)c1NCc1ccc(C)s1. The number of thiophene rings is 1. The number of methoxy groups -OCH3 is 1. The van der Waals surface area contributed by atoms with Crippen molar-refractivity contribution in [3.8, 4) is 0 Å². The summed E-state index contributed by atoms with van der Waals surface area (Å²) in [7, 11) is 1.36. The van der Waals surface area contributed by atoms with E-state index in [4.69, 9.17) is 10.5 Å². The van der Waals surface area contributed by atoms with Gasteiger partial charge in [0.25, 0.3) is 0 Å². The summed E-state index contributed by atoms with van der Waals surface area (Å²) in [5, 5.41) is 3.21. The molecule has 0 aliphatic heterocycles. The number of para-hydroxylation sites is 1. The molecule has 0 aliphatic rings. The lowest BCUT2D eigenvalue weighted by Gasteiger charge is -2.12. The molecule has 4 nitrogen and oxygen atoms in total. The number of rotatable bonds is 4. The third kappa shape index (κ3) is 3.06. The van der Waals surface area contributed by atoms with Crippen LogP contribution in [0, 0.1) is 6.92 Å². The second kappa shape index (κ2) is 5.75. The van der Waals surface area contributed by atoms with Crippen molar-refractivity contribution in [1.29, 1.82) is 0 Å². The van der Waals surface area contributed by atoms with Crippen LogP contribution in [-0.2, 0) is 11.3 Å². The third-order valence-electron chi connectivity index (χ3n) is 2.74. The summed E-state index contributed by atoms with van der Waals surface area (Å²) in [5.74, 6) is -0.392. The maximum Gasteiger partial charge on any atom is 0.340 e. The van der Waals surface area contributed by atoms with Gasteiger partial charge in [0.1, 0.15) is 0 Å². The molecule has 0 saturated carbocycles. The van der Waals surface area contributed by atoms with Gasteiger partial charge in [-0.2, -0.15) is 0 Å². The van der Waals surface area contributed by atoms with Crippen LogP contribution in [0.5, 0.6) is 0 Å². The van der Waals surface area contributed by atoms with E-state index in [1.807, 2.05) is 0 Å². The number of nitrogen functional groups attached to an aromatic ring is 1. The van der Waals surface area contributed by atoms with E-state index in [1.165, 1.54) is 16.9 Å². The number of esters is 1. The molecule has 0 atom stereocenters. The van der Waals surface area contributed by atoms with Gasteiger partial charge in [-0.1, -0.05) is 6.07 Å². The zero-order valence-corrected chi connectivity index (χ0v) is 11.7. The van der Waals surface area contributed by atoms with Crippen LogP contribution < -0.4 is 11.1 Å². The molecule has 0 unspecified atom stereocenters. The third-order valence-corrected chi connectivity index (χ3v) is 3.74. The number of anilines is 2. The molecule has 5 heteroatoms. The van der Waals surface area contributed by atoms with Crippen molar-refractivity contribution in [3.63, 3.8) is 0 Å². The van der Waals surface area contributed by atoms with Crippen LogP contribution in [-0.4, -0.2) is 13.1 Å². The molecule has 0 amide bonds. The van der Waals surface area contributed by atoms with Gasteiger partial charge >= 0.3 is 5.97 Å². The predicted octanol–water partition coefficient (Wildman–Crippen LogP) is 3.04. The molecule has 100 valence electrons. The Morgan fingerprint density at radius 1 is 1.37 bits per heavy atom. The van der Waals surface area contributed by atoms with Crippen LogP contribution in [0.2, 0.25) is 0 Å². The van der Waals surface area contributed by atoms with Crippen molar-refractivity contribution in [2.45, 2.75) is 13.5 Å². The summed E-state index contributed by atoms with van der Waals surface area (Å²) < 4.78 is 4.76. The van der Waals surface area contributed by atoms with Crippen molar-refractivity contribution in [2.75, 3.05) is 18.2 Å². The summed E-state index contributed by atoms with van der Waals surface area (Å²) in [6, 6.07) is 9.32. The van der Waals surface area contributed by atoms with E-state index in [0.29, 0.717) is 23.5 Å². The zero-order chi connectivity index (χ0) is 13.8. The second-order valence-electron chi connectivity index (χ2n) is 4.13. The molecule has 1 aromatic heterocycles. The fraction of sp³-hybridized carbons (Fsp3) is 0.214. The van der Waals surface area contributed by atoms with E-state index in [0.717, 1.165) is 0 Å². The highest BCUT2D eigenvalue weighted by Crippen LogP contribution is 2.26. The van der Waals surface area contributed by atoms with Crippen molar-refractivity contribution < 1.29 is 9.53 Å². The largest absolute Gasteiger partial charge is 0.465 e. The number of ether oxygens (including phenoxy) is 1. The molecule has 0 bridgehead atoms. The number of nitrogens with one attached hydrogen (secondary N) is 1. The van der Waals surface area contributed by atoms with Gasteiger partial charge < -0.3 is 15.8 Å². The topological polar surface area (TPSA) is 64.3 Å². The first-order chi connectivity index (χ1) is 9.11. The van der Waals surface area contributed by atoms with Gasteiger partial charge in [-0.15, -0.1) is 11.3 Å². The minimum absolute atomic E-state index is 0.392. The Morgan fingerprint density at radius 2 is 2.16 bits per heavy atom. The first-order valence-corrected chi connectivity index (χ1v) is 6.69. The van der Waals surface area contributed by atoms with E-state index in [-0.39, 0.29) is 0 Å². The molecular formula is C14H16N2O2S. The van der Waals surface area contributed by atoms with Gasteiger partial charge in [0.05, 0.1) is 24.0 Å². The van der Waals surface area contributed by atoms with Gasteiger partial charge in [-0.3, -0.25) is 0 Å². The summed E-state index contributed by atoms with van der Waals surface area (Å²) in [5.41, 5.74) is 7.53. The average Bonchev–Trinajstić information content (AvgIpc) is 2.82. The lowest BCUT2D eigenvalue weighted by atomic mass is 10.1. The number of benzene rings is 1. The molecule has 0 aliphatic carbocycles. The fourth-order valence-corrected chi connectivity index (χ4v) is 2.63. The molecule has 2 rings (SSSR count). The molecular weight excluding hydrogens is 260 g/mol. The highest BCUT2D eigenvalue weighted by molar-refractivity contribution is 7.11. The Balaban J connectivity index is 2.21. The lowest BCUT2D eigenvalue weighted by molar-refractivity contribution is 0.0602. The molecule has 0 spiro atoms. The molecule has 0 fully saturated rings. The van der Waals surface area contributed by atoms with Crippen molar-refractivity contribution >= 4 is 28.7 Å². The maximum absolute atomic E-state index is 11.7. The number of carbonyl (C=O) groups excluding carboxylic acids is 1. The van der Waals surface area contributed by atoms with E-state index >= 15 is 0 Å². The first-order valence-electron chi connectivity index (χ1n) is 5.88. The van der Waals surface area contributed by atoms with Crippen molar-refractivity contribution in [3.05, 3.63) is 45.6 Å². The molecule has 3 N–H and O–H groups in total. The normalized spacial score (nSPS) is 10.2. The molecule has 1 aromatic carbocycles. The minimum Gasteiger partial charge on any atom is -0.465 e. The fourth-order valence-electron chi connectivity index (χ4n) is 1.80. The second-order valence-corrected chi connectivity index (χ2v) is 5.50. The molecule has 0 saturated heterocycles. The summed E-state index contributed by atoms with van der Waals surface area (Å²) >= 11 is 1.71. The van der Waals surface area contributed by atoms with Crippen molar-refractivity contribution in [2.24, 2.45) is 0 Å². The Labute approximate surface area is 116 Å². The Morgan fingerprint density at radius 3 is 2.79 bits per heavy atom. The van der Waals surface area contributed by atoms with E-state index in [9.17, 15) is 4.79 Å². The quantitative estimate of drug-likeness (QED) is 0.665. The van der Waals surface area contributed by atoms with Crippen LogP contribution in [0.15, 0.2) is 30.3 Å². The minimum atomic E-state index is -0.392. The maximum atomic E-state index is 11.7. The van der Waals surface area contributed by atoms with Crippen LogP contribution in [0.4, 0.5) is 11.4 Å². The summed E-state index contributed by atoms with van der Waals surface area (Å²) in [6.45, 7) is 2.70. The van der Waals surface area contributed by atoms with Crippen LogP contribution in [0.3, 0.4) is 0 Å². The van der Waals surface area contributed by atoms with Crippen LogP contribution in [0.1, 0.15) is 20.1 Å².